The molecule has 0 spiro atoms. The normalized spacial score (nSPS) is 26.7. The van der Waals surface area contributed by atoms with Crippen LogP contribution in [0.1, 0.15) is 12.5 Å². The molecule has 3 rings (SSSR count). The molecule has 5 heteroatoms. The molecule has 2 heterocycles. The van der Waals surface area contributed by atoms with Gasteiger partial charge < -0.3 is 14.4 Å². The summed E-state index contributed by atoms with van der Waals surface area (Å²) in [6.45, 7) is 13.6. The molecule has 5 nitrogen and oxygen atoms in total. The molecule has 2 atom stereocenters. The van der Waals surface area contributed by atoms with Crippen LogP contribution < -0.4 is 4.74 Å². The molecule has 2 aliphatic heterocycles. The minimum Gasteiger partial charge on any atom is -0.492 e. The molecule has 2 unspecified atom stereocenters. The second kappa shape index (κ2) is 8.99. The molecule has 0 aromatic heterocycles. The molecule has 0 N–H and O–H groups in total. The van der Waals surface area contributed by atoms with Crippen LogP contribution in [0.5, 0.6) is 5.75 Å². The molecule has 140 valence electrons. The highest BCUT2D eigenvalue weighted by Gasteiger charge is 2.27. The highest BCUT2D eigenvalue weighted by molar-refractivity contribution is 5.27. The van der Waals surface area contributed by atoms with E-state index in [-0.39, 0.29) is 0 Å². The number of rotatable bonds is 6. The maximum absolute atomic E-state index is 5.92. The van der Waals surface area contributed by atoms with Gasteiger partial charge in [0.25, 0.3) is 0 Å². The first-order valence-corrected chi connectivity index (χ1v) is 9.56. The lowest BCUT2D eigenvalue weighted by Gasteiger charge is -2.42. The molecule has 0 amide bonds. The fourth-order valence-electron chi connectivity index (χ4n) is 3.82. The predicted molar refractivity (Wildman–Crippen MR) is 101 cm³/mol. The average Bonchev–Trinajstić information content (AvgIpc) is 2.57. The van der Waals surface area contributed by atoms with E-state index in [0.717, 1.165) is 64.8 Å². The summed E-state index contributed by atoms with van der Waals surface area (Å²) in [5.74, 6) is 0.977. The fraction of sp³-hybridized carbons (Fsp3) is 0.700. The van der Waals surface area contributed by atoms with E-state index in [2.05, 4.69) is 53.8 Å². The van der Waals surface area contributed by atoms with E-state index < -0.39 is 0 Å². The van der Waals surface area contributed by atoms with Crippen molar-refractivity contribution in [3.8, 4) is 5.75 Å². The molecule has 0 radical (unpaired) electrons. The predicted octanol–water partition coefficient (Wildman–Crippen LogP) is 1.71. The molecular formula is C20H33N3O2. The quantitative estimate of drug-likeness (QED) is 0.781. The van der Waals surface area contributed by atoms with Gasteiger partial charge in [0, 0.05) is 51.9 Å². The number of benzene rings is 1. The summed E-state index contributed by atoms with van der Waals surface area (Å²) in [5, 5.41) is 0. The van der Waals surface area contributed by atoms with Crippen molar-refractivity contribution in [1.29, 1.82) is 0 Å². The van der Waals surface area contributed by atoms with Gasteiger partial charge in [-0.15, -0.1) is 0 Å². The van der Waals surface area contributed by atoms with Gasteiger partial charge in [0.05, 0.1) is 12.7 Å². The summed E-state index contributed by atoms with van der Waals surface area (Å²) in [4.78, 5) is 7.48. The molecule has 2 saturated heterocycles. The molecule has 0 bridgehead atoms. The lowest BCUT2D eigenvalue weighted by Crippen LogP contribution is -2.55. The van der Waals surface area contributed by atoms with Gasteiger partial charge in [0.15, 0.2) is 0 Å². The third-order valence-electron chi connectivity index (χ3n) is 5.29. The first-order chi connectivity index (χ1) is 12.1. The van der Waals surface area contributed by atoms with Crippen molar-refractivity contribution in [1.82, 2.24) is 14.7 Å². The number of likely N-dealkylation sites (N-methyl/N-ethyl adjacent to an activating group) is 1. The fourth-order valence-corrected chi connectivity index (χ4v) is 3.82. The van der Waals surface area contributed by atoms with Crippen LogP contribution in [0.2, 0.25) is 0 Å². The van der Waals surface area contributed by atoms with E-state index in [1.54, 1.807) is 0 Å². The molecule has 2 aliphatic rings. The Morgan fingerprint density at radius 2 is 2.08 bits per heavy atom. The van der Waals surface area contributed by atoms with Crippen molar-refractivity contribution in [3.63, 3.8) is 0 Å². The Labute approximate surface area is 152 Å². The minimum absolute atomic E-state index is 0.363. The van der Waals surface area contributed by atoms with Crippen LogP contribution in [0.4, 0.5) is 0 Å². The molecular weight excluding hydrogens is 314 g/mol. The van der Waals surface area contributed by atoms with Crippen molar-refractivity contribution in [2.45, 2.75) is 26.0 Å². The van der Waals surface area contributed by atoms with E-state index in [1.165, 1.54) is 5.56 Å². The number of hydrogen-bond acceptors (Lipinski definition) is 5. The van der Waals surface area contributed by atoms with Gasteiger partial charge in [-0.1, -0.05) is 12.1 Å². The van der Waals surface area contributed by atoms with Crippen LogP contribution in [-0.4, -0.2) is 92.9 Å². The van der Waals surface area contributed by atoms with Gasteiger partial charge >= 0.3 is 0 Å². The summed E-state index contributed by atoms with van der Waals surface area (Å²) in [7, 11) is 2.18. The Hall–Kier alpha value is -1.14. The van der Waals surface area contributed by atoms with Gasteiger partial charge in [-0.2, -0.15) is 0 Å². The lowest BCUT2D eigenvalue weighted by atomic mass is 10.1. The maximum atomic E-state index is 5.92. The zero-order valence-corrected chi connectivity index (χ0v) is 16.0. The summed E-state index contributed by atoms with van der Waals surface area (Å²) in [5.41, 5.74) is 1.25. The SMILES string of the molecule is Cc1cccc(OCCN2CCN(CC3CN(C)CCO3)CC2C)c1. The second-order valence-corrected chi connectivity index (χ2v) is 7.56. The first kappa shape index (κ1) is 18.6. The van der Waals surface area contributed by atoms with Crippen LogP contribution in [0.25, 0.3) is 0 Å². The summed E-state index contributed by atoms with van der Waals surface area (Å²) in [6, 6.07) is 8.85. The van der Waals surface area contributed by atoms with E-state index in [4.69, 9.17) is 9.47 Å². The van der Waals surface area contributed by atoms with Gasteiger partial charge in [-0.25, -0.2) is 0 Å². The zero-order chi connectivity index (χ0) is 17.6. The van der Waals surface area contributed by atoms with Crippen LogP contribution in [0.3, 0.4) is 0 Å². The zero-order valence-electron chi connectivity index (χ0n) is 16.0. The van der Waals surface area contributed by atoms with Crippen molar-refractivity contribution in [3.05, 3.63) is 29.8 Å². The highest BCUT2D eigenvalue weighted by Crippen LogP contribution is 2.14. The second-order valence-electron chi connectivity index (χ2n) is 7.56. The topological polar surface area (TPSA) is 28.2 Å². The summed E-state index contributed by atoms with van der Waals surface area (Å²) >= 11 is 0. The number of morpholine rings is 1. The molecule has 0 aliphatic carbocycles. The van der Waals surface area contributed by atoms with E-state index in [1.807, 2.05) is 6.07 Å². The minimum atomic E-state index is 0.363. The first-order valence-electron chi connectivity index (χ1n) is 9.56. The van der Waals surface area contributed by atoms with Gasteiger partial charge in [0.2, 0.25) is 0 Å². The number of nitrogens with zero attached hydrogens (tertiary/aromatic N) is 3. The number of hydrogen-bond donors (Lipinski definition) is 0. The van der Waals surface area contributed by atoms with Gasteiger partial charge in [0.1, 0.15) is 12.4 Å². The average molecular weight is 348 g/mol. The van der Waals surface area contributed by atoms with Gasteiger partial charge in [-0.3, -0.25) is 9.80 Å². The Morgan fingerprint density at radius 3 is 2.84 bits per heavy atom. The molecule has 1 aromatic rings. The summed E-state index contributed by atoms with van der Waals surface area (Å²) in [6.07, 6.45) is 0.363. The standard InChI is InChI=1S/C20H33N3O2/c1-17-5-4-6-19(13-17)24-12-10-23-8-7-22(14-18(23)2)16-20-15-21(3)9-11-25-20/h4-6,13,18,20H,7-12,14-16H2,1-3H3. The van der Waals surface area contributed by atoms with Crippen molar-refractivity contribution < 1.29 is 9.47 Å². The third-order valence-corrected chi connectivity index (χ3v) is 5.29. The largest absolute Gasteiger partial charge is 0.492 e. The molecule has 2 fully saturated rings. The van der Waals surface area contributed by atoms with Crippen LogP contribution >= 0.6 is 0 Å². The van der Waals surface area contributed by atoms with E-state index in [9.17, 15) is 0 Å². The van der Waals surface area contributed by atoms with Crippen LogP contribution in [-0.2, 0) is 4.74 Å². The molecule has 0 saturated carbocycles. The monoisotopic (exact) mass is 347 g/mol. The Morgan fingerprint density at radius 1 is 1.20 bits per heavy atom. The van der Waals surface area contributed by atoms with Crippen LogP contribution in [0.15, 0.2) is 24.3 Å². The van der Waals surface area contributed by atoms with Crippen LogP contribution in [0, 0.1) is 6.92 Å². The highest BCUT2D eigenvalue weighted by atomic mass is 16.5. The van der Waals surface area contributed by atoms with E-state index >= 15 is 0 Å². The van der Waals surface area contributed by atoms with E-state index in [0.29, 0.717) is 12.1 Å². The Bertz CT molecular complexity index is 539. The Balaban J connectivity index is 1.38. The maximum Gasteiger partial charge on any atom is 0.119 e. The molecule has 25 heavy (non-hydrogen) atoms. The number of ether oxygens (including phenoxy) is 2. The molecule has 1 aromatic carbocycles. The lowest BCUT2D eigenvalue weighted by molar-refractivity contribution is -0.0458. The third kappa shape index (κ3) is 5.68. The number of aryl methyl sites for hydroxylation is 1. The van der Waals surface area contributed by atoms with Crippen molar-refractivity contribution >= 4 is 0 Å². The van der Waals surface area contributed by atoms with Gasteiger partial charge in [-0.05, 0) is 38.6 Å². The Kier molecular flexibility index (Phi) is 6.70. The summed E-state index contributed by atoms with van der Waals surface area (Å²) < 4.78 is 11.8. The number of piperazine rings is 1. The van der Waals surface area contributed by atoms with Crippen molar-refractivity contribution in [2.24, 2.45) is 0 Å². The smallest absolute Gasteiger partial charge is 0.119 e. The van der Waals surface area contributed by atoms with Crippen molar-refractivity contribution in [2.75, 3.05) is 66.1 Å².